The Bertz CT molecular complexity index is 980. The third-order valence-electron chi connectivity index (χ3n) is 6.18. The van der Waals surface area contributed by atoms with Gasteiger partial charge in [-0.15, -0.1) is 0 Å². The number of hydrogen-bond donors (Lipinski definition) is 2. The van der Waals surface area contributed by atoms with E-state index in [-0.39, 0.29) is 17.2 Å². The second kappa shape index (κ2) is 7.34. The number of carbonyl (C=O) groups is 2. The first-order valence-corrected chi connectivity index (χ1v) is 10.1. The number of ketones is 1. The lowest BCUT2D eigenvalue weighted by atomic mass is 9.71. The number of amides is 2. The van der Waals surface area contributed by atoms with E-state index in [1.165, 1.54) is 5.56 Å². The fourth-order valence-electron chi connectivity index (χ4n) is 4.94. The Morgan fingerprint density at radius 3 is 2.60 bits per heavy atom. The van der Waals surface area contributed by atoms with E-state index in [4.69, 9.17) is 15.2 Å². The third-order valence-corrected chi connectivity index (χ3v) is 6.18. The Kier molecular flexibility index (Phi) is 4.95. The summed E-state index contributed by atoms with van der Waals surface area (Å²) in [4.78, 5) is 26.7. The molecule has 8 nitrogen and oxygen atoms in total. The van der Waals surface area contributed by atoms with Crippen LogP contribution >= 0.6 is 0 Å². The molecule has 0 aromatic heterocycles. The molecular weight excluding hydrogens is 384 g/mol. The number of Topliss-reactive ketones (excluding diaryl/α,β-unsaturated/α-hetero) is 1. The quantitative estimate of drug-likeness (QED) is 0.743. The van der Waals surface area contributed by atoms with Crippen molar-refractivity contribution < 1.29 is 19.1 Å². The van der Waals surface area contributed by atoms with Crippen molar-refractivity contribution in [1.82, 2.24) is 10.3 Å². The summed E-state index contributed by atoms with van der Waals surface area (Å²) >= 11 is 0. The van der Waals surface area contributed by atoms with Crippen molar-refractivity contribution in [2.75, 3.05) is 20.8 Å². The second-order valence-electron chi connectivity index (χ2n) is 8.87. The van der Waals surface area contributed by atoms with Crippen LogP contribution in [0.4, 0.5) is 4.79 Å². The first kappa shape index (κ1) is 20.3. The average molecular weight is 412 g/mol. The summed E-state index contributed by atoms with van der Waals surface area (Å²) in [5, 5.41) is 4.24. The van der Waals surface area contributed by atoms with E-state index in [1.54, 1.807) is 14.2 Å². The fourth-order valence-corrected chi connectivity index (χ4v) is 4.94. The molecule has 0 saturated carbocycles. The smallest absolute Gasteiger partial charge is 0.332 e. The highest BCUT2D eigenvalue weighted by Crippen LogP contribution is 2.49. The van der Waals surface area contributed by atoms with E-state index in [1.807, 2.05) is 12.1 Å². The molecule has 0 spiro atoms. The molecule has 2 amide bonds. The number of allylic oxidation sites excluding steroid dienone is 2. The summed E-state index contributed by atoms with van der Waals surface area (Å²) in [5.41, 5.74) is 12.0. The van der Waals surface area contributed by atoms with Crippen LogP contribution in [0.5, 0.6) is 11.5 Å². The molecule has 3 aliphatic rings. The number of urea groups is 1. The van der Waals surface area contributed by atoms with Gasteiger partial charge in [-0.1, -0.05) is 13.8 Å². The van der Waals surface area contributed by atoms with Crippen LogP contribution in [0, 0.1) is 5.41 Å². The second-order valence-corrected chi connectivity index (χ2v) is 8.87. The van der Waals surface area contributed by atoms with Crippen molar-refractivity contribution in [3.8, 4) is 11.5 Å². The predicted octanol–water partition coefficient (Wildman–Crippen LogP) is 2.67. The molecule has 1 atom stereocenters. The highest BCUT2D eigenvalue weighted by molar-refractivity contribution is 6.24. The van der Waals surface area contributed by atoms with Gasteiger partial charge in [0.2, 0.25) is 0 Å². The molecule has 4 rings (SSSR count). The number of fused-ring (bicyclic) bond motifs is 4. The summed E-state index contributed by atoms with van der Waals surface area (Å²) in [6, 6.07) is 3.31. The van der Waals surface area contributed by atoms with Gasteiger partial charge in [0.1, 0.15) is 0 Å². The zero-order valence-corrected chi connectivity index (χ0v) is 17.9. The van der Waals surface area contributed by atoms with Crippen LogP contribution in [0.3, 0.4) is 0 Å². The minimum Gasteiger partial charge on any atom is -0.493 e. The van der Waals surface area contributed by atoms with Gasteiger partial charge < -0.3 is 20.1 Å². The molecule has 0 saturated heterocycles. The highest BCUT2D eigenvalue weighted by Gasteiger charge is 2.44. The third kappa shape index (κ3) is 3.40. The highest BCUT2D eigenvalue weighted by atomic mass is 16.5. The Balaban J connectivity index is 1.85. The Labute approximate surface area is 176 Å². The van der Waals surface area contributed by atoms with Gasteiger partial charge in [-0.05, 0) is 41.5 Å². The van der Waals surface area contributed by atoms with Crippen molar-refractivity contribution in [1.29, 1.82) is 0 Å². The topological polar surface area (TPSA) is 106 Å². The number of rotatable bonds is 3. The summed E-state index contributed by atoms with van der Waals surface area (Å²) in [6.07, 6.45) is 2.60. The van der Waals surface area contributed by atoms with E-state index in [2.05, 4.69) is 29.3 Å². The predicted molar refractivity (Wildman–Crippen MR) is 113 cm³/mol. The molecular formula is C22H28N4O4. The lowest BCUT2D eigenvalue weighted by Gasteiger charge is -2.48. The summed E-state index contributed by atoms with van der Waals surface area (Å²) in [5.74, 6) is 1.45. The molecule has 0 radical (unpaired) electrons. The zero-order valence-electron chi connectivity index (χ0n) is 17.9. The number of carbonyl (C=O) groups excluding carboxylic acids is 2. The van der Waals surface area contributed by atoms with E-state index < -0.39 is 6.03 Å². The van der Waals surface area contributed by atoms with Gasteiger partial charge in [0, 0.05) is 25.1 Å². The number of nitrogens with one attached hydrogen (secondary N) is 1. The van der Waals surface area contributed by atoms with Gasteiger partial charge in [-0.25, -0.2) is 10.2 Å². The summed E-state index contributed by atoms with van der Waals surface area (Å²) in [7, 11) is 3.26. The van der Waals surface area contributed by atoms with Gasteiger partial charge in [-0.3, -0.25) is 4.79 Å². The molecule has 1 aromatic rings. The first-order chi connectivity index (χ1) is 14.2. The number of nitrogens with zero attached hydrogens (tertiary/aromatic N) is 2. The van der Waals surface area contributed by atoms with Crippen LogP contribution in [0.25, 0.3) is 0 Å². The van der Waals surface area contributed by atoms with Crippen molar-refractivity contribution in [2.45, 2.75) is 45.6 Å². The van der Waals surface area contributed by atoms with Gasteiger partial charge in [-0.2, -0.15) is 5.10 Å². The maximum Gasteiger partial charge on any atom is 0.332 e. The maximum absolute atomic E-state index is 13.1. The Morgan fingerprint density at radius 2 is 1.93 bits per heavy atom. The maximum atomic E-state index is 13.1. The van der Waals surface area contributed by atoms with Crippen LogP contribution in [-0.4, -0.2) is 43.2 Å². The van der Waals surface area contributed by atoms with Gasteiger partial charge in [0.05, 0.1) is 31.5 Å². The summed E-state index contributed by atoms with van der Waals surface area (Å²) in [6.45, 7) is 5.04. The number of hydrogen-bond acceptors (Lipinski definition) is 6. The number of benzene rings is 1. The number of methoxy groups -OCH3 is 2. The molecule has 0 bridgehead atoms. The van der Waals surface area contributed by atoms with Crippen molar-refractivity contribution in [2.24, 2.45) is 16.3 Å². The zero-order chi connectivity index (χ0) is 21.6. The normalized spacial score (nSPS) is 23.5. The van der Waals surface area contributed by atoms with E-state index >= 15 is 0 Å². The van der Waals surface area contributed by atoms with Gasteiger partial charge >= 0.3 is 6.03 Å². The monoisotopic (exact) mass is 412 g/mol. The van der Waals surface area contributed by atoms with Crippen LogP contribution in [0.1, 0.15) is 50.3 Å². The van der Waals surface area contributed by atoms with Crippen molar-refractivity contribution >= 4 is 17.5 Å². The average Bonchev–Trinajstić information content (AvgIpc) is 2.69. The van der Waals surface area contributed by atoms with Crippen LogP contribution < -0.4 is 20.6 Å². The molecule has 0 fully saturated rings. The largest absolute Gasteiger partial charge is 0.493 e. The summed E-state index contributed by atoms with van der Waals surface area (Å²) < 4.78 is 11.0. The molecule has 160 valence electrons. The fraction of sp³-hybridized carbons (Fsp3) is 0.500. The van der Waals surface area contributed by atoms with Gasteiger partial charge in [0.15, 0.2) is 17.3 Å². The SMILES string of the molecule is COc1cc2c(cc1OC)[C@H]1CC(=NNC(N)=O)C3=C(CC(C)(C)CC3=O)N1CC2. The van der Waals surface area contributed by atoms with Crippen LogP contribution in [0.15, 0.2) is 28.5 Å². The minimum atomic E-state index is -0.744. The number of ether oxygens (including phenoxy) is 2. The molecule has 30 heavy (non-hydrogen) atoms. The molecule has 1 aliphatic carbocycles. The molecule has 8 heteroatoms. The molecule has 2 heterocycles. The first-order valence-electron chi connectivity index (χ1n) is 10.1. The number of nitrogens with two attached hydrogens (primary N) is 1. The van der Waals surface area contributed by atoms with Crippen molar-refractivity contribution in [3.63, 3.8) is 0 Å². The Morgan fingerprint density at radius 1 is 1.23 bits per heavy atom. The lowest BCUT2D eigenvalue weighted by Crippen LogP contribution is -2.46. The standard InChI is InChI=1S/C22H28N4O4/c1-22(2)10-16-20(17(27)11-22)14(24-25-21(23)28)9-15-13-8-19(30-4)18(29-3)7-12(13)5-6-26(15)16/h7-8,15H,5-6,9-11H2,1-4H3,(H3,23,25,28)/t15-/m1/s1. The molecule has 0 unspecified atom stereocenters. The number of hydrazone groups is 1. The van der Waals surface area contributed by atoms with E-state index in [0.29, 0.717) is 35.6 Å². The number of primary amides is 1. The van der Waals surface area contributed by atoms with Gasteiger partial charge in [0.25, 0.3) is 0 Å². The molecule has 3 N–H and O–H groups in total. The van der Waals surface area contributed by atoms with Crippen LogP contribution in [0.2, 0.25) is 0 Å². The van der Waals surface area contributed by atoms with E-state index in [0.717, 1.165) is 30.6 Å². The van der Waals surface area contributed by atoms with Crippen molar-refractivity contribution in [3.05, 3.63) is 34.5 Å². The lowest BCUT2D eigenvalue weighted by molar-refractivity contribution is -0.118. The molecule has 2 aliphatic heterocycles. The van der Waals surface area contributed by atoms with E-state index in [9.17, 15) is 9.59 Å². The minimum absolute atomic E-state index is 0.00225. The van der Waals surface area contributed by atoms with Crippen LogP contribution in [-0.2, 0) is 11.2 Å². The Hall–Kier alpha value is -3.03. The molecule has 1 aromatic carbocycles.